The van der Waals surface area contributed by atoms with Gasteiger partial charge in [0.15, 0.2) is 5.78 Å². The van der Waals surface area contributed by atoms with E-state index in [1.165, 1.54) is 27.4 Å². The zero-order valence-electron chi connectivity index (χ0n) is 20.2. The topological polar surface area (TPSA) is 43.3 Å². The SMILES string of the molecule is CCn1c2ccccc2c2cc3c(cc21)C(c1ccc(OC)cc1)C1=C(CC(C)(C)CC1=O)N3. The normalized spacial score (nSPS) is 19.2. The molecule has 0 saturated carbocycles. The van der Waals surface area contributed by atoms with E-state index in [0.29, 0.717) is 6.42 Å². The van der Waals surface area contributed by atoms with Crippen LogP contribution in [-0.4, -0.2) is 17.5 Å². The lowest BCUT2D eigenvalue weighted by atomic mass is 9.68. The molecule has 0 radical (unpaired) electrons. The van der Waals surface area contributed by atoms with Gasteiger partial charge < -0.3 is 14.6 Å². The molecule has 1 aliphatic heterocycles. The molecule has 1 aromatic heterocycles. The third-order valence-corrected chi connectivity index (χ3v) is 7.51. The monoisotopic (exact) mass is 450 g/mol. The fourth-order valence-electron chi connectivity index (χ4n) is 6.04. The zero-order valence-corrected chi connectivity index (χ0v) is 20.2. The van der Waals surface area contributed by atoms with Gasteiger partial charge in [-0.2, -0.15) is 0 Å². The lowest BCUT2D eigenvalue weighted by molar-refractivity contribution is -0.118. The molecule has 172 valence electrons. The molecule has 6 rings (SSSR count). The Bertz CT molecular complexity index is 1490. The quantitative estimate of drug-likeness (QED) is 0.365. The number of aryl methyl sites for hydroxylation is 1. The molecule has 1 aliphatic carbocycles. The van der Waals surface area contributed by atoms with Crippen LogP contribution in [0.5, 0.6) is 5.75 Å². The van der Waals surface area contributed by atoms with Crippen molar-refractivity contribution in [1.82, 2.24) is 4.57 Å². The molecule has 2 heterocycles. The lowest BCUT2D eigenvalue weighted by Crippen LogP contribution is -2.33. The Hall–Kier alpha value is -3.53. The first-order valence-electron chi connectivity index (χ1n) is 12.1. The summed E-state index contributed by atoms with van der Waals surface area (Å²) in [6.45, 7) is 7.46. The number of hydrogen-bond acceptors (Lipinski definition) is 3. The van der Waals surface area contributed by atoms with Gasteiger partial charge in [-0.25, -0.2) is 0 Å². The number of aromatic nitrogens is 1. The van der Waals surface area contributed by atoms with Crippen LogP contribution in [0.1, 0.15) is 50.7 Å². The van der Waals surface area contributed by atoms with Crippen molar-refractivity contribution in [3.05, 3.63) is 83.1 Å². The summed E-state index contributed by atoms with van der Waals surface area (Å²) in [7, 11) is 1.68. The third-order valence-electron chi connectivity index (χ3n) is 7.51. The number of nitrogens with zero attached hydrogens (tertiary/aromatic N) is 1. The number of nitrogens with one attached hydrogen (secondary N) is 1. The fraction of sp³-hybridized carbons (Fsp3) is 0.300. The Morgan fingerprint density at radius 1 is 1.00 bits per heavy atom. The predicted molar refractivity (Wildman–Crippen MR) is 139 cm³/mol. The molecule has 0 saturated heterocycles. The average Bonchev–Trinajstić information content (AvgIpc) is 3.13. The van der Waals surface area contributed by atoms with Crippen molar-refractivity contribution < 1.29 is 9.53 Å². The van der Waals surface area contributed by atoms with E-state index in [9.17, 15) is 4.79 Å². The number of carbonyl (C=O) groups excluding carboxylic acids is 1. The van der Waals surface area contributed by atoms with Crippen molar-refractivity contribution in [1.29, 1.82) is 0 Å². The molecule has 4 nitrogen and oxygen atoms in total. The van der Waals surface area contributed by atoms with E-state index < -0.39 is 0 Å². The number of fused-ring (bicyclic) bond motifs is 4. The molecule has 34 heavy (non-hydrogen) atoms. The van der Waals surface area contributed by atoms with Gasteiger partial charge in [-0.1, -0.05) is 44.2 Å². The number of ether oxygens (including phenoxy) is 1. The molecule has 0 spiro atoms. The van der Waals surface area contributed by atoms with Gasteiger partial charge in [-0.05, 0) is 60.2 Å². The van der Waals surface area contributed by atoms with E-state index in [2.05, 4.69) is 79.2 Å². The fourth-order valence-corrected chi connectivity index (χ4v) is 6.04. The lowest BCUT2D eigenvalue weighted by Gasteiger charge is -2.39. The largest absolute Gasteiger partial charge is 0.497 e. The maximum Gasteiger partial charge on any atom is 0.162 e. The first-order chi connectivity index (χ1) is 16.4. The number of hydrogen-bond donors (Lipinski definition) is 1. The number of carbonyl (C=O) groups is 1. The number of Topliss-reactive ketones (excluding diaryl/α,β-unsaturated/α-hetero) is 1. The van der Waals surface area contributed by atoms with Gasteiger partial charge in [0.05, 0.1) is 7.11 Å². The molecule has 4 aromatic rings. The summed E-state index contributed by atoms with van der Waals surface area (Å²) < 4.78 is 7.79. The van der Waals surface area contributed by atoms with Gasteiger partial charge in [0, 0.05) is 57.6 Å². The highest BCUT2D eigenvalue weighted by atomic mass is 16.5. The molecule has 1 unspecified atom stereocenters. The summed E-state index contributed by atoms with van der Waals surface area (Å²) in [6.07, 6.45) is 1.45. The molecular weight excluding hydrogens is 420 g/mol. The highest BCUT2D eigenvalue weighted by molar-refractivity contribution is 6.10. The van der Waals surface area contributed by atoms with Crippen LogP contribution in [0.3, 0.4) is 0 Å². The minimum absolute atomic E-state index is 0.0484. The Labute approximate surface area is 200 Å². The van der Waals surface area contributed by atoms with Crippen molar-refractivity contribution in [3.8, 4) is 5.75 Å². The van der Waals surface area contributed by atoms with Gasteiger partial charge >= 0.3 is 0 Å². The number of para-hydroxylation sites is 1. The molecule has 0 bridgehead atoms. The number of methoxy groups -OCH3 is 1. The second kappa shape index (κ2) is 7.49. The van der Waals surface area contributed by atoms with Crippen LogP contribution in [-0.2, 0) is 11.3 Å². The maximum absolute atomic E-state index is 13.6. The second-order valence-corrected chi connectivity index (χ2v) is 10.4. The van der Waals surface area contributed by atoms with Crippen molar-refractivity contribution in [2.24, 2.45) is 5.41 Å². The van der Waals surface area contributed by atoms with Gasteiger partial charge in [0.1, 0.15) is 5.75 Å². The Morgan fingerprint density at radius 3 is 2.50 bits per heavy atom. The van der Waals surface area contributed by atoms with Gasteiger partial charge in [-0.15, -0.1) is 0 Å². The first-order valence-corrected chi connectivity index (χ1v) is 12.1. The molecule has 4 heteroatoms. The summed E-state index contributed by atoms with van der Waals surface area (Å²) in [5.41, 5.74) is 7.83. The van der Waals surface area contributed by atoms with Crippen LogP contribution in [0.2, 0.25) is 0 Å². The Morgan fingerprint density at radius 2 is 1.76 bits per heavy atom. The summed E-state index contributed by atoms with van der Waals surface area (Å²) in [5, 5.41) is 6.24. The standard InChI is InChI=1S/C30H30N2O2/c1-5-32-25-9-7-6-8-20(25)21-14-23-22(15-26(21)32)28(18-10-12-19(34-4)13-11-18)29-24(31-23)16-30(2,3)17-27(29)33/h6-15,28,31H,5,16-17H2,1-4H3. The Kier molecular flexibility index (Phi) is 4.63. The first kappa shape index (κ1) is 21.0. The highest BCUT2D eigenvalue weighted by Gasteiger charge is 2.40. The van der Waals surface area contributed by atoms with Gasteiger partial charge in [-0.3, -0.25) is 4.79 Å². The van der Waals surface area contributed by atoms with E-state index in [1.54, 1.807) is 7.11 Å². The van der Waals surface area contributed by atoms with E-state index in [0.717, 1.165) is 41.2 Å². The zero-order chi connectivity index (χ0) is 23.6. The van der Waals surface area contributed by atoms with Crippen LogP contribution in [0.4, 0.5) is 5.69 Å². The average molecular weight is 451 g/mol. The Balaban J connectivity index is 1.64. The van der Waals surface area contributed by atoms with Crippen LogP contribution in [0.25, 0.3) is 21.8 Å². The third kappa shape index (κ3) is 3.08. The summed E-state index contributed by atoms with van der Waals surface area (Å²) >= 11 is 0. The number of anilines is 1. The number of ketones is 1. The molecule has 0 fully saturated rings. The van der Waals surface area contributed by atoms with Crippen molar-refractivity contribution >= 4 is 33.3 Å². The van der Waals surface area contributed by atoms with Crippen LogP contribution in [0, 0.1) is 5.41 Å². The number of allylic oxidation sites excluding steroid dienone is 2. The van der Waals surface area contributed by atoms with E-state index in [-0.39, 0.29) is 17.1 Å². The smallest absolute Gasteiger partial charge is 0.162 e. The van der Waals surface area contributed by atoms with Crippen LogP contribution < -0.4 is 10.1 Å². The van der Waals surface area contributed by atoms with Gasteiger partial charge in [0.25, 0.3) is 0 Å². The predicted octanol–water partition coefficient (Wildman–Crippen LogP) is 7.02. The molecule has 2 aliphatic rings. The molecule has 3 aromatic carbocycles. The van der Waals surface area contributed by atoms with E-state index in [4.69, 9.17) is 4.74 Å². The van der Waals surface area contributed by atoms with E-state index >= 15 is 0 Å². The van der Waals surface area contributed by atoms with Crippen molar-refractivity contribution in [2.45, 2.75) is 46.1 Å². The van der Waals surface area contributed by atoms with Crippen LogP contribution in [0.15, 0.2) is 71.9 Å². The summed E-state index contributed by atoms with van der Waals surface area (Å²) in [6, 6.07) is 21.4. The van der Waals surface area contributed by atoms with Crippen molar-refractivity contribution in [2.75, 3.05) is 12.4 Å². The molecule has 1 N–H and O–H groups in total. The minimum atomic E-state index is -0.0894. The summed E-state index contributed by atoms with van der Waals surface area (Å²) in [5.74, 6) is 0.986. The number of benzene rings is 3. The molecule has 0 amide bonds. The van der Waals surface area contributed by atoms with Gasteiger partial charge in [0.2, 0.25) is 0 Å². The van der Waals surface area contributed by atoms with E-state index in [1.807, 2.05) is 12.1 Å². The van der Waals surface area contributed by atoms with Crippen LogP contribution >= 0.6 is 0 Å². The minimum Gasteiger partial charge on any atom is -0.497 e. The second-order valence-electron chi connectivity index (χ2n) is 10.4. The number of rotatable bonds is 3. The summed E-state index contributed by atoms with van der Waals surface area (Å²) in [4.78, 5) is 13.6. The molecular formula is C30H30N2O2. The highest BCUT2D eigenvalue weighted by Crippen LogP contribution is 2.50. The van der Waals surface area contributed by atoms with Crippen molar-refractivity contribution in [3.63, 3.8) is 0 Å². The maximum atomic E-state index is 13.6. The molecule has 1 atom stereocenters.